The summed E-state index contributed by atoms with van der Waals surface area (Å²) in [6.45, 7) is -0.444. The van der Waals surface area contributed by atoms with Gasteiger partial charge in [0.25, 0.3) is 0 Å². The van der Waals surface area contributed by atoms with Crippen molar-refractivity contribution < 1.29 is 29.6 Å². The van der Waals surface area contributed by atoms with Gasteiger partial charge in [-0.25, -0.2) is 14.8 Å². The number of fused-ring (bicyclic) bond motifs is 1. The van der Waals surface area contributed by atoms with Gasteiger partial charge in [-0.1, -0.05) is 0 Å². The summed E-state index contributed by atoms with van der Waals surface area (Å²) in [5, 5.41) is 29.9. The van der Waals surface area contributed by atoms with Crippen LogP contribution < -0.4 is 5.73 Å². The molecule has 0 aromatic carbocycles. The van der Waals surface area contributed by atoms with Crippen LogP contribution in [-0.2, 0) is 14.3 Å². The first-order valence-corrected chi connectivity index (χ1v) is 7.47. The van der Waals surface area contributed by atoms with Crippen molar-refractivity contribution in [3.63, 3.8) is 0 Å². The zero-order valence-corrected chi connectivity index (χ0v) is 13.3. The van der Waals surface area contributed by atoms with E-state index in [1.807, 2.05) is 0 Å². The lowest BCUT2D eigenvalue weighted by Crippen LogP contribution is -2.33. The monoisotopic (exact) mass is 350 g/mol. The zero-order valence-electron chi connectivity index (χ0n) is 13.3. The van der Waals surface area contributed by atoms with Gasteiger partial charge in [0.2, 0.25) is 0 Å². The Morgan fingerprint density at radius 1 is 1.44 bits per heavy atom. The van der Waals surface area contributed by atoms with Crippen LogP contribution in [0.25, 0.3) is 17.1 Å². The molecule has 4 atom stereocenters. The maximum absolute atomic E-state index is 11.3. The third-order valence-corrected chi connectivity index (χ3v) is 4.06. The van der Waals surface area contributed by atoms with Crippen molar-refractivity contribution in [3.05, 3.63) is 24.2 Å². The van der Waals surface area contributed by atoms with Gasteiger partial charge >= 0.3 is 5.97 Å². The molecule has 0 amide bonds. The molecule has 0 spiro atoms. The third-order valence-electron chi connectivity index (χ3n) is 4.06. The number of aliphatic hydroxyl groups excluding tert-OH is 3. The molecule has 0 saturated carbocycles. The highest BCUT2D eigenvalue weighted by molar-refractivity contribution is 5.97. The molecule has 1 aliphatic heterocycles. The van der Waals surface area contributed by atoms with Crippen LogP contribution in [-0.4, -0.2) is 67.9 Å². The summed E-state index contributed by atoms with van der Waals surface area (Å²) in [7, 11) is 1.26. The summed E-state index contributed by atoms with van der Waals surface area (Å²) in [4.78, 5) is 19.4. The number of ether oxygens (including phenoxy) is 2. The van der Waals surface area contributed by atoms with E-state index in [1.54, 1.807) is 6.20 Å². The highest BCUT2D eigenvalue weighted by atomic mass is 16.6. The Morgan fingerprint density at radius 3 is 2.84 bits per heavy atom. The first kappa shape index (κ1) is 17.3. The summed E-state index contributed by atoms with van der Waals surface area (Å²) in [5.41, 5.74) is 6.78. The maximum Gasteiger partial charge on any atom is 0.330 e. The van der Waals surface area contributed by atoms with Crippen molar-refractivity contribution in [2.45, 2.75) is 24.5 Å². The fraction of sp³-hybridized carbons (Fsp3) is 0.400. The number of esters is 1. The van der Waals surface area contributed by atoms with Gasteiger partial charge in [0.05, 0.1) is 19.1 Å². The van der Waals surface area contributed by atoms with Gasteiger partial charge in [0, 0.05) is 17.8 Å². The predicted molar refractivity (Wildman–Crippen MR) is 86.0 cm³/mol. The van der Waals surface area contributed by atoms with E-state index < -0.39 is 37.1 Å². The molecule has 0 unspecified atom stereocenters. The Morgan fingerprint density at radius 2 is 2.20 bits per heavy atom. The Labute approximate surface area is 142 Å². The minimum Gasteiger partial charge on any atom is -0.466 e. The van der Waals surface area contributed by atoms with Crippen molar-refractivity contribution in [1.29, 1.82) is 0 Å². The topological polar surface area (TPSA) is 153 Å². The molecule has 2 aromatic heterocycles. The summed E-state index contributed by atoms with van der Waals surface area (Å²) >= 11 is 0. The molecule has 0 aliphatic carbocycles. The second-order valence-electron chi connectivity index (χ2n) is 5.53. The lowest BCUT2D eigenvalue weighted by molar-refractivity contribution is -0.134. The molecule has 3 heterocycles. The fourth-order valence-electron chi connectivity index (χ4n) is 2.79. The van der Waals surface area contributed by atoms with E-state index >= 15 is 0 Å². The van der Waals surface area contributed by atoms with Gasteiger partial charge in [-0.3, -0.25) is 0 Å². The lowest BCUT2D eigenvalue weighted by Gasteiger charge is -2.17. The van der Waals surface area contributed by atoms with Crippen LogP contribution in [0.3, 0.4) is 0 Å². The molecule has 3 rings (SSSR count). The number of hydrogen-bond donors (Lipinski definition) is 4. The number of aromatic nitrogens is 3. The number of methoxy groups -OCH3 is 1. The minimum absolute atomic E-state index is 0.181. The van der Waals surface area contributed by atoms with Crippen molar-refractivity contribution in [1.82, 2.24) is 14.5 Å². The van der Waals surface area contributed by atoms with E-state index in [2.05, 4.69) is 14.7 Å². The lowest BCUT2D eigenvalue weighted by atomic mass is 10.1. The summed E-state index contributed by atoms with van der Waals surface area (Å²) in [6, 6.07) is 0. The maximum atomic E-state index is 11.3. The highest BCUT2D eigenvalue weighted by Gasteiger charge is 2.44. The number of nitrogens with two attached hydrogens (primary N) is 1. The molecular formula is C15H18N4O6. The van der Waals surface area contributed by atoms with Crippen LogP contribution in [0, 0.1) is 0 Å². The average molecular weight is 350 g/mol. The number of nitrogens with zero attached hydrogens (tertiary/aromatic N) is 3. The molecule has 0 bridgehead atoms. The zero-order chi connectivity index (χ0) is 18.1. The van der Waals surface area contributed by atoms with Crippen LogP contribution in [0.15, 0.2) is 18.6 Å². The molecule has 1 saturated heterocycles. The number of carbonyl (C=O) groups excluding carboxylic acids is 1. The Hall–Kier alpha value is -2.53. The van der Waals surface area contributed by atoms with Gasteiger partial charge in [-0.15, -0.1) is 0 Å². The second-order valence-corrected chi connectivity index (χ2v) is 5.53. The van der Waals surface area contributed by atoms with Crippen molar-refractivity contribution in [3.8, 4) is 0 Å². The SMILES string of the molecule is COC(=O)/C=C/c1cn([C@@H]2O[C@H](CO)[C@@H](O)[C@H]2O)c2ncnc(N)c12. The van der Waals surface area contributed by atoms with E-state index in [9.17, 15) is 20.1 Å². The largest absolute Gasteiger partial charge is 0.466 e. The number of rotatable bonds is 4. The molecule has 2 aromatic rings. The second kappa shape index (κ2) is 6.76. The van der Waals surface area contributed by atoms with Crippen LogP contribution in [0.2, 0.25) is 0 Å². The smallest absolute Gasteiger partial charge is 0.330 e. The van der Waals surface area contributed by atoms with Gasteiger partial charge in [0.1, 0.15) is 36.1 Å². The first-order chi connectivity index (χ1) is 12.0. The molecule has 1 aliphatic rings. The summed E-state index contributed by atoms with van der Waals surface area (Å²) < 4.78 is 11.6. The molecule has 5 N–H and O–H groups in total. The molecule has 0 radical (unpaired) electrons. The molecule has 10 nitrogen and oxygen atoms in total. The van der Waals surface area contributed by atoms with E-state index in [1.165, 1.54) is 30.2 Å². The number of aliphatic hydroxyl groups is 3. The average Bonchev–Trinajstić information content (AvgIpc) is 3.12. The van der Waals surface area contributed by atoms with Crippen molar-refractivity contribution in [2.24, 2.45) is 0 Å². The predicted octanol–water partition coefficient (Wildman–Crippen LogP) is -1.19. The molecule has 134 valence electrons. The van der Waals surface area contributed by atoms with Crippen LogP contribution >= 0.6 is 0 Å². The van der Waals surface area contributed by atoms with Gasteiger partial charge in [-0.05, 0) is 6.08 Å². The van der Waals surface area contributed by atoms with Crippen LogP contribution in [0.5, 0.6) is 0 Å². The third kappa shape index (κ3) is 2.96. The summed E-state index contributed by atoms with van der Waals surface area (Å²) in [5.74, 6) is -0.371. The number of nitrogen functional groups attached to an aromatic ring is 1. The minimum atomic E-state index is -1.28. The van der Waals surface area contributed by atoms with Gasteiger partial charge in [0.15, 0.2) is 6.23 Å². The molecule has 10 heteroatoms. The standard InChI is InChI=1S/C15H18N4O6/c1-24-9(21)3-2-7-4-19(14-10(7)13(16)17-6-18-14)15-12(23)11(22)8(5-20)25-15/h2-4,6,8,11-12,15,20,22-23H,5H2,1H3,(H2,16,17,18)/b3-2+/t8-,11-,12-,15-/m1/s1. The van der Waals surface area contributed by atoms with E-state index in [0.717, 1.165) is 0 Å². The number of anilines is 1. The normalized spacial score (nSPS) is 26.6. The first-order valence-electron chi connectivity index (χ1n) is 7.47. The van der Waals surface area contributed by atoms with E-state index in [4.69, 9.17) is 10.5 Å². The van der Waals surface area contributed by atoms with Gasteiger partial charge in [-0.2, -0.15) is 0 Å². The highest BCUT2D eigenvalue weighted by Crippen LogP contribution is 2.34. The molecule has 1 fully saturated rings. The van der Waals surface area contributed by atoms with E-state index in [-0.39, 0.29) is 5.82 Å². The van der Waals surface area contributed by atoms with Crippen LogP contribution in [0.4, 0.5) is 5.82 Å². The van der Waals surface area contributed by atoms with Crippen molar-refractivity contribution >= 4 is 28.9 Å². The molecular weight excluding hydrogens is 332 g/mol. The molecule has 25 heavy (non-hydrogen) atoms. The van der Waals surface area contributed by atoms with Crippen molar-refractivity contribution in [2.75, 3.05) is 19.5 Å². The van der Waals surface area contributed by atoms with E-state index in [0.29, 0.717) is 16.6 Å². The Kier molecular flexibility index (Phi) is 4.68. The quantitative estimate of drug-likeness (QED) is 0.394. The van der Waals surface area contributed by atoms with Crippen LogP contribution in [0.1, 0.15) is 11.8 Å². The summed E-state index contributed by atoms with van der Waals surface area (Å²) in [6.07, 6.45) is 1.07. The van der Waals surface area contributed by atoms with Gasteiger partial charge < -0.3 is 35.1 Å². The fourth-order valence-corrected chi connectivity index (χ4v) is 2.79. The number of carbonyl (C=O) groups is 1. The number of hydrogen-bond acceptors (Lipinski definition) is 9. The Balaban J connectivity index is 2.09. The Bertz CT molecular complexity index is 820.